The van der Waals surface area contributed by atoms with Crippen molar-refractivity contribution < 1.29 is 9.53 Å². The maximum absolute atomic E-state index is 12.2. The number of hydrogen-bond acceptors (Lipinski definition) is 4. The zero-order valence-electron chi connectivity index (χ0n) is 11.7. The van der Waals surface area contributed by atoms with Crippen LogP contribution in [-0.4, -0.2) is 49.2 Å². The summed E-state index contributed by atoms with van der Waals surface area (Å²) in [4.78, 5) is 15.4. The van der Waals surface area contributed by atoms with Gasteiger partial charge in [-0.15, -0.1) is 12.6 Å². The van der Waals surface area contributed by atoms with Gasteiger partial charge >= 0.3 is 0 Å². The molecule has 2 fully saturated rings. The van der Waals surface area contributed by atoms with Gasteiger partial charge in [0, 0.05) is 28.5 Å². The van der Waals surface area contributed by atoms with Gasteiger partial charge in [0.05, 0.1) is 18.3 Å². The van der Waals surface area contributed by atoms with Gasteiger partial charge in [0.2, 0.25) is 0 Å². The maximum Gasteiger partial charge on any atom is 0.252 e. The largest absolute Gasteiger partial charge is 0.373 e. The summed E-state index contributed by atoms with van der Waals surface area (Å²) in [6.45, 7) is 3.41. The smallest absolute Gasteiger partial charge is 0.252 e. The lowest BCUT2D eigenvalue weighted by atomic mass is 10.1. The minimum absolute atomic E-state index is 0.0853. The minimum Gasteiger partial charge on any atom is -0.373 e. The van der Waals surface area contributed by atoms with Crippen molar-refractivity contribution in [1.29, 1.82) is 0 Å². The van der Waals surface area contributed by atoms with Gasteiger partial charge in [-0.2, -0.15) is 0 Å². The summed E-state index contributed by atoms with van der Waals surface area (Å²) in [6.07, 6.45) is 2.58. The molecule has 1 amide bonds. The van der Waals surface area contributed by atoms with E-state index in [2.05, 4.69) is 38.8 Å². The second kappa shape index (κ2) is 6.69. The van der Waals surface area contributed by atoms with E-state index in [4.69, 9.17) is 4.74 Å². The molecule has 0 aromatic heterocycles. The molecule has 1 aromatic carbocycles. The summed E-state index contributed by atoms with van der Waals surface area (Å²) < 4.78 is 6.76. The molecule has 2 heterocycles. The van der Waals surface area contributed by atoms with Crippen LogP contribution >= 0.6 is 28.6 Å². The predicted octanol–water partition coefficient (Wildman–Crippen LogP) is 2.33. The van der Waals surface area contributed by atoms with Crippen LogP contribution in [0, 0.1) is 0 Å². The van der Waals surface area contributed by atoms with Gasteiger partial charge in [0.1, 0.15) is 0 Å². The van der Waals surface area contributed by atoms with E-state index in [0.29, 0.717) is 23.0 Å². The summed E-state index contributed by atoms with van der Waals surface area (Å²) in [7, 11) is 0. The molecule has 0 aliphatic carbocycles. The molecule has 114 valence electrons. The normalized spacial score (nSPS) is 25.6. The summed E-state index contributed by atoms with van der Waals surface area (Å²) in [5, 5.41) is 2.95. The zero-order chi connectivity index (χ0) is 14.8. The van der Waals surface area contributed by atoms with E-state index in [9.17, 15) is 4.79 Å². The Bertz CT molecular complexity index is 540. The second-order valence-electron chi connectivity index (χ2n) is 5.62. The first-order chi connectivity index (χ1) is 10.1. The number of rotatable bonds is 3. The number of hydrogen-bond donors (Lipinski definition) is 2. The SMILES string of the molecule is O=C(NCC1CN2CCCC2CO1)c1ccc(Br)cc1S. The molecule has 0 radical (unpaired) electrons. The molecular formula is C15H19BrN2O2S. The lowest BCUT2D eigenvalue weighted by molar-refractivity contribution is -0.0461. The third-order valence-electron chi connectivity index (χ3n) is 4.16. The average Bonchev–Trinajstić information content (AvgIpc) is 2.92. The Labute approximate surface area is 138 Å². The van der Waals surface area contributed by atoms with Crippen molar-refractivity contribution in [2.24, 2.45) is 0 Å². The van der Waals surface area contributed by atoms with Gasteiger partial charge < -0.3 is 10.1 Å². The van der Waals surface area contributed by atoms with Crippen LogP contribution in [0.25, 0.3) is 0 Å². The first-order valence-corrected chi connectivity index (χ1v) is 8.50. The number of nitrogens with one attached hydrogen (secondary N) is 1. The number of benzene rings is 1. The molecule has 21 heavy (non-hydrogen) atoms. The molecule has 4 nitrogen and oxygen atoms in total. The van der Waals surface area contributed by atoms with Crippen molar-refractivity contribution in [1.82, 2.24) is 10.2 Å². The molecular weight excluding hydrogens is 352 g/mol. The Kier molecular flexibility index (Phi) is 4.88. The van der Waals surface area contributed by atoms with Gasteiger partial charge in [-0.25, -0.2) is 0 Å². The van der Waals surface area contributed by atoms with Gasteiger partial charge in [-0.1, -0.05) is 15.9 Å². The summed E-state index contributed by atoms with van der Waals surface area (Å²) >= 11 is 7.71. The highest BCUT2D eigenvalue weighted by Gasteiger charge is 2.32. The van der Waals surface area contributed by atoms with Crippen LogP contribution in [0.15, 0.2) is 27.6 Å². The van der Waals surface area contributed by atoms with Crippen molar-refractivity contribution in [3.8, 4) is 0 Å². The molecule has 2 saturated heterocycles. The fraction of sp³-hybridized carbons (Fsp3) is 0.533. The van der Waals surface area contributed by atoms with Crippen LogP contribution in [0.3, 0.4) is 0 Å². The summed E-state index contributed by atoms with van der Waals surface area (Å²) in [6, 6.07) is 6.04. The number of fused-ring (bicyclic) bond motifs is 1. The Hall–Kier alpha value is -0.560. The highest BCUT2D eigenvalue weighted by molar-refractivity contribution is 9.10. The Morgan fingerprint density at radius 3 is 3.19 bits per heavy atom. The van der Waals surface area contributed by atoms with Crippen LogP contribution in [0.2, 0.25) is 0 Å². The number of nitrogens with zero attached hydrogens (tertiary/aromatic N) is 1. The summed E-state index contributed by atoms with van der Waals surface area (Å²) in [5.41, 5.74) is 0.594. The Morgan fingerprint density at radius 2 is 2.38 bits per heavy atom. The molecule has 0 spiro atoms. The van der Waals surface area contributed by atoms with E-state index in [1.165, 1.54) is 12.8 Å². The van der Waals surface area contributed by atoms with Crippen molar-refractivity contribution in [3.63, 3.8) is 0 Å². The number of carbonyl (C=O) groups is 1. The van der Waals surface area contributed by atoms with E-state index >= 15 is 0 Å². The molecule has 0 bridgehead atoms. The standard InChI is InChI=1S/C15H19BrN2O2S/c16-10-3-4-13(14(21)6-10)15(19)17-7-12-8-18-5-1-2-11(18)9-20-12/h3-4,6,11-12,21H,1-2,5,7-9H2,(H,17,19). The molecule has 2 unspecified atom stereocenters. The number of morpholine rings is 1. The first kappa shape index (κ1) is 15.3. The first-order valence-electron chi connectivity index (χ1n) is 7.26. The fourth-order valence-electron chi connectivity index (χ4n) is 3.01. The fourth-order valence-corrected chi connectivity index (χ4v) is 3.86. The topological polar surface area (TPSA) is 41.6 Å². The van der Waals surface area contributed by atoms with E-state index in [-0.39, 0.29) is 12.0 Å². The van der Waals surface area contributed by atoms with Crippen LogP contribution in [0.5, 0.6) is 0 Å². The lowest BCUT2D eigenvalue weighted by Gasteiger charge is -2.35. The quantitative estimate of drug-likeness (QED) is 0.802. The van der Waals surface area contributed by atoms with Gasteiger partial charge in [0.15, 0.2) is 0 Å². The minimum atomic E-state index is -0.0976. The molecule has 2 atom stereocenters. The van der Waals surface area contributed by atoms with E-state index in [1.54, 1.807) is 6.07 Å². The summed E-state index contributed by atoms with van der Waals surface area (Å²) in [5.74, 6) is -0.0976. The van der Waals surface area contributed by atoms with Gasteiger partial charge in [-0.05, 0) is 37.6 Å². The Morgan fingerprint density at radius 1 is 1.52 bits per heavy atom. The molecule has 3 rings (SSSR count). The van der Waals surface area contributed by atoms with Crippen LogP contribution in [0.4, 0.5) is 0 Å². The van der Waals surface area contributed by atoms with Crippen molar-refractivity contribution in [2.75, 3.05) is 26.2 Å². The van der Waals surface area contributed by atoms with Crippen molar-refractivity contribution in [3.05, 3.63) is 28.2 Å². The molecule has 6 heteroatoms. The Balaban J connectivity index is 1.54. The predicted molar refractivity (Wildman–Crippen MR) is 88.1 cm³/mol. The lowest BCUT2D eigenvalue weighted by Crippen LogP contribution is -2.50. The van der Waals surface area contributed by atoms with Crippen LogP contribution < -0.4 is 5.32 Å². The molecule has 1 aromatic rings. The second-order valence-corrected chi connectivity index (χ2v) is 7.02. The van der Waals surface area contributed by atoms with E-state index in [1.807, 2.05) is 12.1 Å². The zero-order valence-corrected chi connectivity index (χ0v) is 14.2. The van der Waals surface area contributed by atoms with E-state index < -0.39 is 0 Å². The molecule has 2 aliphatic heterocycles. The monoisotopic (exact) mass is 370 g/mol. The number of halogens is 1. The number of ether oxygens (including phenoxy) is 1. The molecule has 1 N–H and O–H groups in total. The number of thiol groups is 1. The van der Waals surface area contributed by atoms with Crippen LogP contribution in [0.1, 0.15) is 23.2 Å². The highest BCUT2D eigenvalue weighted by atomic mass is 79.9. The van der Waals surface area contributed by atoms with Gasteiger partial charge in [-0.3, -0.25) is 9.69 Å². The number of amides is 1. The highest BCUT2D eigenvalue weighted by Crippen LogP contribution is 2.23. The van der Waals surface area contributed by atoms with E-state index in [0.717, 1.165) is 24.2 Å². The third kappa shape index (κ3) is 3.62. The average molecular weight is 371 g/mol. The van der Waals surface area contributed by atoms with Crippen molar-refractivity contribution >= 4 is 34.5 Å². The third-order valence-corrected chi connectivity index (χ3v) is 5.02. The van der Waals surface area contributed by atoms with Crippen LogP contribution in [-0.2, 0) is 4.74 Å². The molecule has 2 aliphatic rings. The van der Waals surface area contributed by atoms with Gasteiger partial charge in [0.25, 0.3) is 5.91 Å². The van der Waals surface area contributed by atoms with Crippen molar-refractivity contribution in [2.45, 2.75) is 29.9 Å². The number of carbonyl (C=O) groups excluding carboxylic acids is 1. The maximum atomic E-state index is 12.2. The molecule has 0 saturated carbocycles.